The van der Waals surface area contributed by atoms with Crippen LogP contribution in [0.3, 0.4) is 0 Å². The number of aliphatic hydroxyl groups excluding tert-OH is 2. The minimum absolute atomic E-state index is 0.0280. The van der Waals surface area contributed by atoms with E-state index >= 15 is 0 Å². The summed E-state index contributed by atoms with van der Waals surface area (Å²) in [6.07, 6.45) is -1.22. The van der Waals surface area contributed by atoms with Gasteiger partial charge in [-0.05, 0) is 12.5 Å². The summed E-state index contributed by atoms with van der Waals surface area (Å²) >= 11 is 0. The number of benzene rings is 1. The number of β-amino-alcohol motifs (C(OH)–C–C–N with tert-alkyl or cyclic N) is 1. The molecular formula is C12H17NO2. The van der Waals surface area contributed by atoms with Crippen LogP contribution in [0.1, 0.15) is 12.5 Å². The van der Waals surface area contributed by atoms with E-state index in [1.165, 1.54) is 5.56 Å². The minimum Gasteiger partial charge on any atom is -0.389 e. The molecule has 0 amide bonds. The van der Waals surface area contributed by atoms with Gasteiger partial charge in [0.15, 0.2) is 0 Å². The van der Waals surface area contributed by atoms with Gasteiger partial charge in [0, 0.05) is 19.1 Å². The Labute approximate surface area is 90.0 Å². The number of hydrogen-bond donors (Lipinski definition) is 2. The summed E-state index contributed by atoms with van der Waals surface area (Å²) in [5, 5.41) is 19.1. The van der Waals surface area contributed by atoms with Crippen LogP contribution >= 0.6 is 0 Å². The van der Waals surface area contributed by atoms with Crippen molar-refractivity contribution in [2.45, 2.75) is 31.7 Å². The maximum absolute atomic E-state index is 9.62. The normalized spacial score (nSPS) is 32.1. The van der Waals surface area contributed by atoms with Crippen LogP contribution in [-0.4, -0.2) is 39.9 Å². The zero-order chi connectivity index (χ0) is 10.8. The van der Waals surface area contributed by atoms with Gasteiger partial charge in [-0.2, -0.15) is 0 Å². The largest absolute Gasteiger partial charge is 0.389 e. The Morgan fingerprint density at radius 1 is 1.27 bits per heavy atom. The lowest BCUT2D eigenvalue weighted by molar-refractivity contribution is 0.0413. The Bertz CT molecular complexity index is 315. The molecule has 0 unspecified atom stereocenters. The van der Waals surface area contributed by atoms with E-state index in [4.69, 9.17) is 0 Å². The highest BCUT2D eigenvalue weighted by Gasteiger charge is 2.36. The Balaban J connectivity index is 2.02. The topological polar surface area (TPSA) is 43.7 Å². The van der Waals surface area contributed by atoms with Crippen molar-refractivity contribution in [2.24, 2.45) is 0 Å². The van der Waals surface area contributed by atoms with Gasteiger partial charge in [-0.1, -0.05) is 30.3 Å². The molecule has 1 aromatic rings. The lowest BCUT2D eigenvalue weighted by Crippen LogP contribution is -2.32. The molecule has 82 valence electrons. The first-order valence-corrected chi connectivity index (χ1v) is 5.32. The third-order valence-corrected chi connectivity index (χ3v) is 3.11. The predicted octanol–water partition coefficient (Wildman–Crippen LogP) is 0.612. The van der Waals surface area contributed by atoms with E-state index in [-0.39, 0.29) is 6.04 Å². The first-order valence-electron chi connectivity index (χ1n) is 5.32. The second-order valence-corrected chi connectivity index (χ2v) is 4.21. The Morgan fingerprint density at radius 2 is 1.93 bits per heavy atom. The number of aliphatic hydroxyl groups is 2. The highest BCUT2D eigenvalue weighted by Crippen LogP contribution is 2.20. The van der Waals surface area contributed by atoms with Crippen LogP contribution in [0, 0.1) is 0 Å². The number of likely N-dealkylation sites (tertiary alicyclic amines) is 1. The first-order chi connectivity index (χ1) is 7.18. The summed E-state index contributed by atoms with van der Waals surface area (Å²) in [5.41, 5.74) is 1.21. The molecule has 3 atom stereocenters. The number of hydrogen-bond acceptors (Lipinski definition) is 3. The molecule has 1 fully saturated rings. The molecule has 1 saturated heterocycles. The summed E-state index contributed by atoms with van der Waals surface area (Å²) in [5.74, 6) is 0. The minimum atomic E-state index is -0.617. The summed E-state index contributed by atoms with van der Waals surface area (Å²) in [7, 11) is 0. The molecule has 2 rings (SSSR count). The van der Waals surface area contributed by atoms with Crippen molar-refractivity contribution in [3.05, 3.63) is 35.9 Å². The number of rotatable bonds is 2. The maximum atomic E-state index is 9.62. The molecule has 1 heterocycles. The average Bonchev–Trinajstić information content (AvgIpc) is 2.48. The molecule has 3 heteroatoms. The summed E-state index contributed by atoms with van der Waals surface area (Å²) < 4.78 is 0. The van der Waals surface area contributed by atoms with E-state index in [0.717, 1.165) is 6.54 Å². The van der Waals surface area contributed by atoms with Crippen LogP contribution in [-0.2, 0) is 6.54 Å². The fourth-order valence-corrected chi connectivity index (χ4v) is 2.08. The third kappa shape index (κ3) is 2.20. The van der Waals surface area contributed by atoms with Crippen LogP contribution in [0.4, 0.5) is 0 Å². The van der Waals surface area contributed by atoms with Gasteiger partial charge in [0.2, 0.25) is 0 Å². The van der Waals surface area contributed by atoms with Crippen LogP contribution in [0.5, 0.6) is 0 Å². The standard InChI is InChI=1S/C12H17NO2/c1-9-12(15)11(14)8-13(9)7-10-5-3-2-4-6-10/h2-6,9,11-12,14-15H,7-8H2,1H3/t9-,11+,12-/m1/s1. The molecule has 0 spiro atoms. The Hall–Kier alpha value is -0.900. The van der Waals surface area contributed by atoms with Crippen molar-refractivity contribution < 1.29 is 10.2 Å². The molecule has 0 saturated carbocycles. The molecule has 3 nitrogen and oxygen atoms in total. The fourth-order valence-electron chi connectivity index (χ4n) is 2.08. The fraction of sp³-hybridized carbons (Fsp3) is 0.500. The molecule has 1 aliphatic heterocycles. The Kier molecular flexibility index (Phi) is 3.05. The van der Waals surface area contributed by atoms with E-state index in [1.807, 2.05) is 25.1 Å². The maximum Gasteiger partial charge on any atom is 0.0963 e. The molecule has 0 bridgehead atoms. The smallest absolute Gasteiger partial charge is 0.0963 e. The van der Waals surface area contributed by atoms with E-state index in [1.54, 1.807) is 0 Å². The molecule has 1 aromatic carbocycles. The van der Waals surface area contributed by atoms with Crippen LogP contribution < -0.4 is 0 Å². The van der Waals surface area contributed by atoms with Crippen molar-refractivity contribution in [3.8, 4) is 0 Å². The van der Waals surface area contributed by atoms with E-state index in [0.29, 0.717) is 6.54 Å². The van der Waals surface area contributed by atoms with Gasteiger partial charge in [-0.15, -0.1) is 0 Å². The molecule has 0 aromatic heterocycles. The molecule has 1 aliphatic rings. The van der Waals surface area contributed by atoms with Gasteiger partial charge in [-0.25, -0.2) is 0 Å². The van der Waals surface area contributed by atoms with Crippen molar-refractivity contribution in [1.29, 1.82) is 0 Å². The van der Waals surface area contributed by atoms with Crippen molar-refractivity contribution >= 4 is 0 Å². The lowest BCUT2D eigenvalue weighted by Gasteiger charge is -2.21. The van der Waals surface area contributed by atoms with Crippen LogP contribution in [0.2, 0.25) is 0 Å². The second kappa shape index (κ2) is 4.31. The molecule has 0 aliphatic carbocycles. The van der Waals surface area contributed by atoms with E-state index in [9.17, 15) is 10.2 Å². The summed E-state index contributed by atoms with van der Waals surface area (Å²) in [6, 6.07) is 10.1. The quantitative estimate of drug-likeness (QED) is 0.747. The predicted molar refractivity (Wildman–Crippen MR) is 58.3 cm³/mol. The van der Waals surface area contributed by atoms with Crippen molar-refractivity contribution in [3.63, 3.8) is 0 Å². The van der Waals surface area contributed by atoms with Crippen LogP contribution in [0.15, 0.2) is 30.3 Å². The summed E-state index contributed by atoms with van der Waals surface area (Å²) in [4.78, 5) is 2.10. The number of nitrogens with zero attached hydrogens (tertiary/aromatic N) is 1. The van der Waals surface area contributed by atoms with Crippen LogP contribution in [0.25, 0.3) is 0 Å². The lowest BCUT2D eigenvalue weighted by atomic mass is 10.1. The zero-order valence-corrected chi connectivity index (χ0v) is 8.87. The average molecular weight is 207 g/mol. The summed E-state index contributed by atoms with van der Waals surface area (Å²) in [6.45, 7) is 3.29. The van der Waals surface area contributed by atoms with Crippen molar-refractivity contribution in [2.75, 3.05) is 6.54 Å². The van der Waals surface area contributed by atoms with Gasteiger partial charge in [-0.3, -0.25) is 4.90 Å². The molecule has 0 radical (unpaired) electrons. The van der Waals surface area contributed by atoms with E-state index < -0.39 is 12.2 Å². The van der Waals surface area contributed by atoms with Gasteiger partial charge in [0.25, 0.3) is 0 Å². The molecular weight excluding hydrogens is 190 g/mol. The molecule has 2 N–H and O–H groups in total. The second-order valence-electron chi connectivity index (χ2n) is 4.21. The highest BCUT2D eigenvalue weighted by atomic mass is 16.3. The first kappa shape index (κ1) is 10.6. The third-order valence-electron chi connectivity index (χ3n) is 3.11. The van der Waals surface area contributed by atoms with Gasteiger partial charge in [0.1, 0.15) is 0 Å². The van der Waals surface area contributed by atoms with Gasteiger partial charge >= 0.3 is 0 Å². The monoisotopic (exact) mass is 207 g/mol. The Morgan fingerprint density at radius 3 is 2.47 bits per heavy atom. The van der Waals surface area contributed by atoms with E-state index in [2.05, 4.69) is 17.0 Å². The highest BCUT2D eigenvalue weighted by molar-refractivity contribution is 5.15. The SMILES string of the molecule is C[C@@H]1[C@@H](O)[C@@H](O)CN1Cc1ccccc1. The van der Waals surface area contributed by atoms with Gasteiger partial charge < -0.3 is 10.2 Å². The van der Waals surface area contributed by atoms with Gasteiger partial charge in [0.05, 0.1) is 12.2 Å². The van der Waals surface area contributed by atoms with Crippen molar-refractivity contribution in [1.82, 2.24) is 4.90 Å². The zero-order valence-electron chi connectivity index (χ0n) is 8.87. The molecule has 15 heavy (non-hydrogen) atoms.